The van der Waals surface area contributed by atoms with Gasteiger partial charge in [-0.3, -0.25) is 9.67 Å². The van der Waals surface area contributed by atoms with Crippen molar-refractivity contribution >= 4 is 28.4 Å². The van der Waals surface area contributed by atoms with Crippen molar-refractivity contribution in [3.8, 4) is 0 Å². The van der Waals surface area contributed by atoms with Gasteiger partial charge in [0.1, 0.15) is 11.3 Å². The first-order valence-corrected chi connectivity index (χ1v) is 8.21. The summed E-state index contributed by atoms with van der Waals surface area (Å²) in [5.74, 6) is -1.03. The molecule has 0 unspecified atom stereocenters. The molecule has 0 spiro atoms. The molecule has 25 heavy (non-hydrogen) atoms. The van der Waals surface area contributed by atoms with Gasteiger partial charge in [0.25, 0.3) is 0 Å². The first kappa shape index (κ1) is 18.4. The molecule has 3 aromatic rings. The highest BCUT2D eigenvalue weighted by atomic mass is 19.1. The average molecular weight is 344 g/mol. The standard InChI is InChI=1S/C16H15FN4O2.C2H6/c1-2-8-21-14-11(4-3-5-12(14)17)15(20-21)19-13-9-18-7-6-10(13)16(22)23;1-2/h3-7,9H,2,8H2,1H3,(H,19,20)(H,22,23);1-2H3. The van der Waals surface area contributed by atoms with Gasteiger partial charge in [-0.2, -0.15) is 5.10 Å². The van der Waals surface area contributed by atoms with E-state index in [0.717, 1.165) is 6.42 Å². The SMILES string of the molecule is CC.CCCn1nc(Nc2cnccc2C(=O)O)c2cccc(F)c21. The van der Waals surface area contributed by atoms with Gasteiger partial charge in [0, 0.05) is 18.1 Å². The molecule has 0 amide bonds. The van der Waals surface area contributed by atoms with Crippen LogP contribution in [0.4, 0.5) is 15.9 Å². The maximum atomic E-state index is 14.1. The second kappa shape index (κ2) is 8.23. The van der Waals surface area contributed by atoms with Crippen LogP contribution >= 0.6 is 0 Å². The van der Waals surface area contributed by atoms with Crippen molar-refractivity contribution in [2.75, 3.05) is 5.32 Å². The Labute approximate surface area is 145 Å². The fraction of sp³-hybridized carbons (Fsp3) is 0.278. The molecule has 7 heteroatoms. The van der Waals surface area contributed by atoms with Gasteiger partial charge in [0.05, 0.1) is 17.4 Å². The van der Waals surface area contributed by atoms with Crippen LogP contribution < -0.4 is 5.32 Å². The lowest BCUT2D eigenvalue weighted by molar-refractivity contribution is 0.0698. The van der Waals surface area contributed by atoms with Gasteiger partial charge in [-0.25, -0.2) is 9.18 Å². The van der Waals surface area contributed by atoms with Crippen molar-refractivity contribution in [2.24, 2.45) is 0 Å². The molecule has 0 saturated carbocycles. The van der Waals surface area contributed by atoms with E-state index < -0.39 is 5.97 Å². The Hall–Kier alpha value is -2.96. The van der Waals surface area contributed by atoms with Crippen LogP contribution in [-0.2, 0) is 6.54 Å². The number of rotatable bonds is 5. The Kier molecular flexibility index (Phi) is 6.05. The number of carbonyl (C=O) groups is 1. The van der Waals surface area contributed by atoms with E-state index in [9.17, 15) is 14.3 Å². The summed E-state index contributed by atoms with van der Waals surface area (Å²) in [4.78, 5) is 15.2. The molecule has 0 aliphatic carbocycles. The number of benzene rings is 1. The Morgan fingerprint density at radius 2 is 2.08 bits per heavy atom. The molecule has 2 aromatic heterocycles. The number of aryl methyl sites for hydroxylation is 1. The molecule has 0 atom stereocenters. The minimum Gasteiger partial charge on any atom is -0.478 e. The number of anilines is 2. The first-order chi connectivity index (χ1) is 12.1. The number of hydrogen-bond donors (Lipinski definition) is 2. The van der Waals surface area contributed by atoms with Gasteiger partial charge >= 0.3 is 5.97 Å². The number of aromatic carboxylic acids is 1. The van der Waals surface area contributed by atoms with Crippen molar-refractivity contribution in [3.05, 3.63) is 48.0 Å². The number of halogens is 1. The van der Waals surface area contributed by atoms with Gasteiger partial charge in [0.15, 0.2) is 5.82 Å². The molecule has 0 radical (unpaired) electrons. The van der Waals surface area contributed by atoms with Crippen LogP contribution in [-0.4, -0.2) is 25.8 Å². The predicted octanol–water partition coefficient (Wildman–Crippen LogP) is 4.45. The number of nitrogens with zero attached hydrogens (tertiary/aromatic N) is 3. The highest BCUT2D eigenvalue weighted by molar-refractivity contribution is 5.97. The minimum absolute atomic E-state index is 0.0783. The van der Waals surface area contributed by atoms with Crippen LogP contribution in [0, 0.1) is 5.82 Å². The van der Waals surface area contributed by atoms with E-state index in [-0.39, 0.29) is 11.4 Å². The highest BCUT2D eigenvalue weighted by Gasteiger charge is 2.16. The maximum absolute atomic E-state index is 14.1. The molecule has 1 aromatic carbocycles. The number of para-hydroxylation sites is 1. The lowest BCUT2D eigenvalue weighted by Gasteiger charge is -2.06. The summed E-state index contributed by atoms with van der Waals surface area (Å²) in [7, 11) is 0. The van der Waals surface area contributed by atoms with Gasteiger partial charge in [-0.15, -0.1) is 0 Å². The first-order valence-electron chi connectivity index (χ1n) is 8.21. The minimum atomic E-state index is -1.07. The largest absolute Gasteiger partial charge is 0.478 e. The van der Waals surface area contributed by atoms with Crippen molar-refractivity contribution in [2.45, 2.75) is 33.7 Å². The number of carboxylic acid groups (broad SMARTS) is 1. The molecule has 132 valence electrons. The summed E-state index contributed by atoms with van der Waals surface area (Å²) >= 11 is 0. The number of aromatic nitrogens is 3. The molecule has 0 aliphatic rings. The summed E-state index contributed by atoms with van der Waals surface area (Å²) in [6.07, 6.45) is 3.62. The zero-order chi connectivity index (χ0) is 18.4. The van der Waals surface area contributed by atoms with Crippen LogP contribution in [0.25, 0.3) is 10.9 Å². The van der Waals surface area contributed by atoms with Crippen molar-refractivity contribution in [1.82, 2.24) is 14.8 Å². The molecule has 2 heterocycles. The van der Waals surface area contributed by atoms with E-state index in [1.807, 2.05) is 20.8 Å². The van der Waals surface area contributed by atoms with E-state index in [0.29, 0.717) is 29.0 Å². The summed E-state index contributed by atoms with van der Waals surface area (Å²) in [6.45, 7) is 6.54. The van der Waals surface area contributed by atoms with E-state index in [2.05, 4.69) is 15.4 Å². The van der Waals surface area contributed by atoms with Crippen molar-refractivity contribution < 1.29 is 14.3 Å². The Balaban J connectivity index is 0.00000109. The molecular formula is C18H21FN4O2. The van der Waals surface area contributed by atoms with Crippen LogP contribution in [0.2, 0.25) is 0 Å². The monoisotopic (exact) mass is 344 g/mol. The summed E-state index contributed by atoms with van der Waals surface area (Å²) in [6, 6.07) is 6.13. The second-order valence-corrected chi connectivity index (χ2v) is 5.06. The Morgan fingerprint density at radius 1 is 1.32 bits per heavy atom. The second-order valence-electron chi connectivity index (χ2n) is 5.06. The number of carboxylic acids is 1. The van der Waals surface area contributed by atoms with Gasteiger partial charge in [0.2, 0.25) is 0 Å². The molecule has 0 aliphatic heterocycles. The van der Waals surface area contributed by atoms with E-state index >= 15 is 0 Å². The number of nitrogens with one attached hydrogen (secondary N) is 1. The molecule has 3 rings (SSSR count). The maximum Gasteiger partial charge on any atom is 0.337 e. The van der Waals surface area contributed by atoms with Crippen LogP contribution in [0.5, 0.6) is 0 Å². The Morgan fingerprint density at radius 3 is 2.76 bits per heavy atom. The molecule has 2 N–H and O–H groups in total. The van der Waals surface area contributed by atoms with E-state index in [1.165, 1.54) is 24.5 Å². The van der Waals surface area contributed by atoms with Gasteiger partial charge < -0.3 is 10.4 Å². The van der Waals surface area contributed by atoms with Gasteiger partial charge in [-0.05, 0) is 24.6 Å². The third-order valence-electron chi connectivity index (χ3n) is 3.46. The van der Waals surface area contributed by atoms with Gasteiger partial charge in [-0.1, -0.05) is 26.8 Å². The van der Waals surface area contributed by atoms with Crippen LogP contribution in [0.1, 0.15) is 37.6 Å². The number of fused-ring (bicyclic) bond motifs is 1. The predicted molar refractivity (Wildman–Crippen MR) is 95.8 cm³/mol. The zero-order valence-electron chi connectivity index (χ0n) is 14.5. The molecule has 0 fully saturated rings. The highest BCUT2D eigenvalue weighted by Crippen LogP contribution is 2.28. The van der Waals surface area contributed by atoms with Crippen molar-refractivity contribution in [1.29, 1.82) is 0 Å². The van der Waals surface area contributed by atoms with E-state index in [1.54, 1.807) is 16.8 Å². The fourth-order valence-corrected chi connectivity index (χ4v) is 2.47. The third-order valence-corrected chi connectivity index (χ3v) is 3.46. The average Bonchev–Trinajstić information content (AvgIpc) is 2.96. The van der Waals surface area contributed by atoms with E-state index in [4.69, 9.17) is 0 Å². The van der Waals surface area contributed by atoms with Crippen molar-refractivity contribution in [3.63, 3.8) is 0 Å². The molecular weight excluding hydrogens is 323 g/mol. The van der Waals surface area contributed by atoms with Crippen LogP contribution in [0.3, 0.4) is 0 Å². The summed E-state index contributed by atoms with van der Waals surface area (Å²) in [5.41, 5.74) is 0.791. The smallest absolute Gasteiger partial charge is 0.337 e. The number of hydrogen-bond acceptors (Lipinski definition) is 4. The Bertz CT molecular complexity index is 877. The summed E-state index contributed by atoms with van der Waals surface area (Å²) in [5, 5.41) is 17.2. The zero-order valence-corrected chi connectivity index (χ0v) is 14.5. The molecule has 0 bridgehead atoms. The topological polar surface area (TPSA) is 80.0 Å². The van der Waals surface area contributed by atoms with Crippen LogP contribution in [0.15, 0.2) is 36.7 Å². The lowest BCUT2D eigenvalue weighted by atomic mass is 10.2. The molecule has 6 nitrogen and oxygen atoms in total. The normalized spacial score (nSPS) is 10.2. The fourth-order valence-electron chi connectivity index (χ4n) is 2.47. The molecule has 0 saturated heterocycles. The quantitative estimate of drug-likeness (QED) is 0.715. The third kappa shape index (κ3) is 3.76. The summed E-state index contributed by atoms with van der Waals surface area (Å²) < 4.78 is 15.7. The lowest BCUT2D eigenvalue weighted by Crippen LogP contribution is -2.04. The number of pyridine rings is 1.